The summed E-state index contributed by atoms with van der Waals surface area (Å²) in [6.07, 6.45) is 3.07. The molecule has 31 heavy (non-hydrogen) atoms. The van der Waals surface area contributed by atoms with E-state index in [0.717, 1.165) is 10.9 Å². The fourth-order valence-electron chi connectivity index (χ4n) is 3.12. The smallest absolute Gasteiger partial charge is 0.260 e. The maximum atomic E-state index is 13.2. The topological polar surface area (TPSA) is 76.3 Å². The number of nitrogens with zero attached hydrogens (tertiary/aromatic N) is 3. The number of benzene rings is 2. The predicted octanol–water partition coefficient (Wildman–Crippen LogP) is 4.52. The minimum atomic E-state index is -0.456. The van der Waals surface area contributed by atoms with E-state index in [4.69, 9.17) is 23.2 Å². The van der Waals surface area contributed by atoms with E-state index in [1.807, 2.05) is 6.07 Å². The van der Waals surface area contributed by atoms with Gasteiger partial charge in [-0.05, 0) is 53.6 Å². The molecular weight excluding hydrogens is 435 g/mol. The van der Waals surface area contributed by atoms with Gasteiger partial charge in [0.05, 0.1) is 6.21 Å². The highest BCUT2D eigenvalue weighted by Crippen LogP contribution is 2.23. The molecule has 2 aromatic carbocycles. The van der Waals surface area contributed by atoms with Crippen molar-refractivity contribution in [2.45, 2.75) is 6.54 Å². The van der Waals surface area contributed by atoms with Gasteiger partial charge in [0.25, 0.3) is 11.5 Å². The first kappa shape index (κ1) is 20.8. The molecular formula is C23H16Cl2N4O2. The molecule has 154 valence electrons. The van der Waals surface area contributed by atoms with Gasteiger partial charge >= 0.3 is 0 Å². The molecule has 0 radical (unpaired) electrons. The normalized spacial score (nSPS) is 11.2. The van der Waals surface area contributed by atoms with Crippen molar-refractivity contribution in [2.24, 2.45) is 5.10 Å². The van der Waals surface area contributed by atoms with Crippen LogP contribution < -0.4 is 11.0 Å². The lowest BCUT2D eigenvalue weighted by Gasteiger charge is -2.11. The Morgan fingerprint density at radius 2 is 1.84 bits per heavy atom. The van der Waals surface area contributed by atoms with Gasteiger partial charge in [0, 0.05) is 27.2 Å². The van der Waals surface area contributed by atoms with Crippen LogP contribution in [0.2, 0.25) is 10.0 Å². The fraction of sp³-hybridized carbons (Fsp3) is 0.0435. The maximum absolute atomic E-state index is 13.2. The average molecular weight is 451 g/mol. The fourth-order valence-corrected chi connectivity index (χ4v) is 3.44. The van der Waals surface area contributed by atoms with Gasteiger partial charge in [-0.25, -0.2) is 10.4 Å². The van der Waals surface area contributed by atoms with Crippen molar-refractivity contribution < 1.29 is 4.79 Å². The van der Waals surface area contributed by atoms with Crippen LogP contribution >= 0.6 is 23.2 Å². The number of aromatic nitrogens is 2. The van der Waals surface area contributed by atoms with Gasteiger partial charge in [-0.2, -0.15) is 5.10 Å². The molecule has 0 aliphatic carbocycles. The third-order valence-corrected chi connectivity index (χ3v) is 5.05. The first-order valence-electron chi connectivity index (χ1n) is 9.33. The summed E-state index contributed by atoms with van der Waals surface area (Å²) in [5, 5.41) is 5.81. The predicted molar refractivity (Wildman–Crippen MR) is 124 cm³/mol. The summed E-state index contributed by atoms with van der Waals surface area (Å²) in [6.45, 7) is -0.237. The maximum Gasteiger partial charge on any atom is 0.260 e. The van der Waals surface area contributed by atoms with Gasteiger partial charge in [-0.15, -0.1) is 0 Å². The summed E-state index contributed by atoms with van der Waals surface area (Å²) < 4.78 is 1.33. The second-order valence-electron chi connectivity index (χ2n) is 6.72. The first-order chi connectivity index (χ1) is 15.0. The molecule has 1 N–H and O–H groups in total. The molecule has 0 saturated heterocycles. The summed E-state index contributed by atoms with van der Waals surface area (Å²) >= 11 is 12.0. The number of fused-ring (bicyclic) bond motifs is 1. The van der Waals surface area contributed by atoms with Crippen molar-refractivity contribution >= 4 is 46.4 Å². The lowest BCUT2D eigenvalue weighted by Crippen LogP contribution is -2.31. The second kappa shape index (κ2) is 9.12. The number of carbonyl (C=O) groups is 1. The molecule has 0 atom stereocenters. The second-order valence-corrected chi connectivity index (χ2v) is 7.59. The van der Waals surface area contributed by atoms with E-state index in [0.29, 0.717) is 26.8 Å². The highest BCUT2D eigenvalue weighted by Gasteiger charge is 2.14. The number of hydrogen-bond donors (Lipinski definition) is 1. The van der Waals surface area contributed by atoms with Gasteiger partial charge in [-0.1, -0.05) is 47.5 Å². The zero-order valence-electron chi connectivity index (χ0n) is 16.1. The number of pyridine rings is 2. The van der Waals surface area contributed by atoms with Crippen LogP contribution in [0.15, 0.2) is 82.8 Å². The van der Waals surface area contributed by atoms with Crippen molar-refractivity contribution in [2.75, 3.05) is 0 Å². The highest BCUT2D eigenvalue weighted by molar-refractivity contribution is 6.31. The van der Waals surface area contributed by atoms with E-state index in [-0.39, 0.29) is 12.1 Å². The molecule has 0 fully saturated rings. The monoisotopic (exact) mass is 450 g/mol. The van der Waals surface area contributed by atoms with Gasteiger partial charge < -0.3 is 0 Å². The van der Waals surface area contributed by atoms with Crippen LogP contribution in [0.25, 0.3) is 22.2 Å². The van der Waals surface area contributed by atoms with Crippen LogP contribution in [0.1, 0.15) is 5.56 Å². The number of halogens is 2. The molecule has 6 nitrogen and oxygen atoms in total. The zero-order chi connectivity index (χ0) is 21.8. The Hall–Kier alpha value is -3.48. The van der Waals surface area contributed by atoms with Crippen molar-refractivity contribution in [1.82, 2.24) is 15.0 Å². The summed E-state index contributed by atoms with van der Waals surface area (Å²) in [6, 6.07) is 19.4. The van der Waals surface area contributed by atoms with Crippen molar-refractivity contribution in [3.63, 3.8) is 0 Å². The zero-order valence-corrected chi connectivity index (χ0v) is 17.6. The molecule has 0 unspecified atom stereocenters. The molecule has 8 heteroatoms. The summed E-state index contributed by atoms with van der Waals surface area (Å²) in [4.78, 5) is 30.0. The summed E-state index contributed by atoms with van der Waals surface area (Å²) in [5.41, 5.74) is 4.38. The van der Waals surface area contributed by atoms with Crippen LogP contribution in [-0.4, -0.2) is 21.7 Å². The average Bonchev–Trinajstić information content (AvgIpc) is 2.77. The van der Waals surface area contributed by atoms with Crippen molar-refractivity contribution in [1.29, 1.82) is 0 Å². The van der Waals surface area contributed by atoms with E-state index < -0.39 is 5.91 Å². The van der Waals surface area contributed by atoms with Gasteiger partial charge in [-0.3, -0.25) is 14.2 Å². The molecule has 1 amide bonds. The standard InChI is InChI=1S/C23H16Cl2N4O2/c24-18-8-6-15(7-9-18)13-27-28-21(30)14-29-22-17(4-2-10-26-22)12-20(23(29)31)16-3-1-5-19(25)11-16/h1-13H,14H2,(H,28,30)/b27-13+. The Bertz CT molecular complexity index is 1350. The number of amides is 1. The van der Waals surface area contributed by atoms with Crippen molar-refractivity contribution in [3.05, 3.63) is 98.9 Å². The minimum Gasteiger partial charge on any atom is -0.283 e. The molecule has 2 aromatic heterocycles. The van der Waals surface area contributed by atoms with Crippen LogP contribution in [0.5, 0.6) is 0 Å². The summed E-state index contributed by atoms with van der Waals surface area (Å²) in [7, 11) is 0. The number of hydrogen-bond acceptors (Lipinski definition) is 4. The number of rotatable bonds is 5. The molecule has 4 rings (SSSR count). The van der Waals surface area contributed by atoms with E-state index in [1.54, 1.807) is 66.9 Å². The van der Waals surface area contributed by atoms with Crippen LogP contribution in [0.3, 0.4) is 0 Å². The van der Waals surface area contributed by atoms with Gasteiger partial charge in [0.2, 0.25) is 0 Å². The molecule has 4 aromatic rings. The van der Waals surface area contributed by atoms with E-state index in [2.05, 4.69) is 15.5 Å². The third kappa shape index (κ3) is 4.82. The lowest BCUT2D eigenvalue weighted by atomic mass is 10.1. The Balaban J connectivity index is 1.64. The van der Waals surface area contributed by atoms with Gasteiger partial charge in [0.15, 0.2) is 0 Å². The number of carbonyl (C=O) groups excluding carboxylic acids is 1. The lowest BCUT2D eigenvalue weighted by molar-refractivity contribution is -0.121. The third-order valence-electron chi connectivity index (χ3n) is 4.56. The van der Waals surface area contributed by atoms with E-state index in [1.165, 1.54) is 10.8 Å². The molecule has 0 saturated carbocycles. The van der Waals surface area contributed by atoms with Crippen LogP contribution in [0.4, 0.5) is 0 Å². The van der Waals surface area contributed by atoms with E-state index >= 15 is 0 Å². The number of nitrogens with one attached hydrogen (secondary N) is 1. The SMILES string of the molecule is O=C(Cn1c(=O)c(-c2cccc(Cl)c2)cc2cccnc21)N/N=C/c1ccc(Cl)cc1. The molecule has 2 heterocycles. The first-order valence-corrected chi connectivity index (χ1v) is 10.1. The molecule has 0 bridgehead atoms. The molecule has 0 aliphatic heterocycles. The molecule has 0 aliphatic rings. The number of hydrazone groups is 1. The highest BCUT2D eigenvalue weighted by atomic mass is 35.5. The van der Waals surface area contributed by atoms with Crippen molar-refractivity contribution in [3.8, 4) is 11.1 Å². The Kier molecular flexibility index (Phi) is 6.11. The van der Waals surface area contributed by atoms with E-state index in [9.17, 15) is 9.59 Å². The van der Waals surface area contributed by atoms with Gasteiger partial charge in [0.1, 0.15) is 12.2 Å². The van der Waals surface area contributed by atoms with Crippen LogP contribution in [0, 0.1) is 0 Å². The Morgan fingerprint density at radius 3 is 2.61 bits per heavy atom. The largest absolute Gasteiger partial charge is 0.283 e. The summed E-state index contributed by atoms with van der Waals surface area (Å²) in [5.74, 6) is -0.456. The van der Waals surface area contributed by atoms with Crippen LogP contribution in [-0.2, 0) is 11.3 Å². The minimum absolute atomic E-state index is 0.237. The Labute approximate surface area is 187 Å². The quantitative estimate of drug-likeness (QED) is 0.358. The molecule has 0 spiro atoms. The Morgan fingerprint density at radius 1 is 1.03 bits per heavy atom.